The Kier molecular flexibility index (Phi) is 3.88. The number of anilines is 1. The second-order valence-corrected chi connectivity index (χ2v) is 8.32. The molecule has 0 aromatic heterocycles. The highest BCUT2D eigenvalue weighted by molar-refractivity contribution is 7.89. The van der Waals surface area contributed by atoms with Gasteiger partial charge in [-0.15, -0.1) is 0 Å². The number of carbonyl (C=O) groups is 1. The SMILES string of the molecule is CCN1C(=O)CC(C)(C)c2cc(S(=O)(=O)N(C)C)ccc21. The van der Waals surface area contributed by atoms with Gasteiger partial charge in [-0.25, -0.2) is 12.7 Å². The molecule has 116 valence electrons. The molecule has 1 amide bonds. The molecule has 0 fully saturated rings. The summed E-state index contributed by atoms with van der Waals surface area (Å²) in [4.78, 5) is 14.2. The van der Waals surface area contributed by atoms with Crippen LogP contribution in [0.4, 0.5) is 5.69 Å². The van der Waals surface area contributed by atoms with Crippen LogP contribution in [-0.4, -0.2) is 39.3 Å². The van der Waals surface area contributed by atoms with E-state index in [9.17, 15) is 13.2 Å². The van der Waals surface area contributed by atoms with Crippen molar-refractivity contribution in [3.05, 3.63) is 23.8 Å². The van der Waals surface area contributed by atoms with E-state index in [1.54, 1.807) is 23.1 Å². The molecule has 0 saturated heterocycles. The van der Waals surface area contributed by atoms with Gasteiger partial charge < -0.3 is 4.90 Å². The van der Waals surface area contributed by atoms with Crippen molar-refractivity contribution < 1.29 is 13.2 Å². The monoisotopic (exact) mass is 310 g/mol. The number of nitrogens with zero attached hydrogens (tertiary/aromatic N) is 2. The van der Waals surface area contributed by atoms with Gasteiger partial charge in [0.25, 0.3) is 0 Å². The molecule has 21 heavy (non-hydrogen) atoms. The van der Waals surface area contributed by atoms with E-state index in [1.165, 1.54) is 18.4 Å². The van der Waals surface area contributed by atoms with Crippen molar-refractivity contribution in [3.8, 4) is 0 Å². The van der Waals surface area contributed by atoms with Crippen LogP contribution in [0.3, 0.4) is 0 Å². The maximum Gasteiger partial charge on any atom is 0.242 e. The minimum absolute atomic E-state index is 0.0817. The van der Waals surface area contributed by atoms with Crippen LogP contribution in [0.2, 0.25) is 0 Å². The van der Waals surface area contributed by atoms with Gasteiger partial charge in [0.1, 0.15) is 0 Å². The molecule has 5 nitrogen and oxygen atoms in total. The van der Waals surface area contributed by atoms with Gasteiger partial charge in [-0.1, -0.05) is 13.8 Å². The highest BCUT2D eigenvalue weighted by Crippen LogP contribution is 2.41. The Labute approximate surface area is 126 Å². The first kappa shape index (κ1) is 16.0. The molecule has 0 unspecified atom stereocenters. The lowest BCUT2D eigenvalue weighted by Crippen LogP contribution is -2.42. The topological polar surface area (TPSA) is 57.7 Å². The van der Waals surface area contributed by atoms with Gasteiger partial charge in [0.15, 0.2) is 0 Å². The van der Waals surface area contributed by atoms with Crippen molar-refractivity contribution in [1.82, 2.24) is 4.31 Å². The van der Waals surface area contributed by atoms with Crippen LogP contribution in [0.25, 0.3) is 0 Å². The lowest BCUT2D eigenvalue weighted by molar-refractivity contribution is -0.120. The zero-order valence-corrected chi connectivity index (χ0v) is 14.0. The highest BCUT2D eigenvalue weighted by Gasteiger charge is 2.37. The van der Waals surface area contributed by atoms with Crippen LogP contribution in [0.15, 0.2) is 23.1 Å². The molecular formula is C15H22N2O3S. The van der Waals surface area contributed by atoms with E-state index >= 15 is 0 Å². The van der Waals surface area contributed by atoms with E-state index < -0.39 is 10.0 Å². The van der Waals surface area contributed by atoms with Gasteiger partial charge in [0.05, 0.1) is 4.90 Å². The third-order valence-corrected chi connectivity index (χ3v) is 5.79. The molecular weight excluding hydrogens is 288 g/mol. The molecule has 1 aromatic rings. The number of fused-ring (bicyclic) bond motifs is 1. The van der Waals surface area contributed by atoms with Crippen molar-refractivity contribution in [3.63, 3.8) is 0 Å². The average molecular weight is 310 g/mol. The standard InChI is InChI=1S/C15H22N2O3S/c1-6-17-13-8-7-11(21(19,20)16(4)5)9-12(13)15(2,3)10-14(17)18/h7-9H,6,10H2,1-5H3. The third kappa shape index (κ3) is 2.58. The summed E-state index contributed by atoms with van der Waals surface area (Å²) < 4.78 is 25.8. The molecule has 0 N–H and O–H groups in total. The smallest absolute Gasteiger partial charge is 0.242 e. The fourth-order valence-corrected chi connectivity index (χ4v) is 3.64. The lowest BCUT2D eigenvalue weighted by atomic mass is 9.77. The van der Waals surface area contributed by atoms with Gasteiger partial charge in [0, 0.05) is 38.2 Å². The maximum absolute atomic E-state index is 12.3. The van der Waals surface area contributed by atoms with Gasteiger partial charge in [-0.05, 0) is 30.7 Å². The van der Waals surface area contributed by atoms with Gasteiger partial charge in [0.2, 0.25) is 15.9 Å². The molecule has 0 bridgehead atoms. The van der Waals surface area contributed by atoms with E-state index in [1.807, 2.05) is 20.8 Å². The molecule has 0 aliphatic carbocycles. The number of hydrogen-bond acceptors (Lipinski definition) is 3. The first-order valence-corrected chi connectivity index (χ1v) is 8.42. The van der Waals surface area contributed by atoms with Crippen LogP contribution in [0, 0.1) is 0 Å². The highest BCUT2D eigenvalue weighted by atomic mass is 32.2. The summed E-state index contributed by atoms with van der Waals surface area (Å²) >= 11 is 0. The number of benzene rings is 1. The molecule has 1 heterocycles. The summed E-state index contributed by atoms with van der Waals surface area (Å²) in [6, 6.07) is 5.03. The first-order chi connectivity index (χ1) is 9.61. The van der Waals surface area contributed by atoms with Gasteiger partial charge in [-0.2, -0.15) is 0 Å². The summed E-state index contributed by atoms with van der Waals surface area (Å²) in [7, 11) is -0.437. The van der Waals surface area contributed by atoms with E-state index in [0.717, 1.165) is 11.3 Å². The summed E-state index contributed by atoms with van der Waals surface area (Å²) in [5, 5.41) is 0. The number of rotatable bonds is 3. The Morgan fingerprint density at radius 2 is 1.90 bits per heavy atom. The fourth-order valence-electron chi connectivity index (χ4n) is 2.71. The zero-order valence-electron chi connectivity index (χ0n) is 13.2. The molecule has 1 aliphatic rings. The zero-order chi connectivity index (χ0) is 16.0. The third-order valence-electron chi connectivity index (χ3n) is 3.98. The summed E-state index contributed by atoms with van der Waals surface area (Å²) in [6.45, 7) is 6.46. The Morgan fingerprint density at radius 1 is 1.29 bits per heavy atom. The summed E-state index contributed by atoms with van der Waals surface area (Å²) in [5.41, 5.74) is 1.36. The number of hydrogen-bond donors (Lipinski definition) is 0. The predicted molar refractivity (Wildman–Crippen MR) is 83.0 cm³/mol. The van der Waals surface area contributed by atoms with Crippen molar-refractivity contribution >= 4 is 21.6 Å². The van der Waals surface area contributed by atoms with Crippen molar-refractivity contribution in [2.45, 2.75) is 37.5 Å². The van der Waals surface area contributed by atoms with Crippen LogP contribution in [-0.2, 0) is 20.2 Å². The molecule has 1 aliphatic heterocycles. The van der Waals surface area contributed by atoms with E-state index in [2.05, 4.69) is 0 Å². The minimum atomic E-state index is -3.47. The molecule has 2 rings (SSSR count). The number of amides is 1. The Morgan fingerprint density at radius 3 is 2.43 bits per heavy atom. The summed E-state index contributed by atoms with van der Waals surface area (Å²) in [5.74, 6) is 0.0817. The molecule has 6 heteroatoms. The largest absolute Gasteiger partial charge is 0.312 e. The predicted octanol–water partition coefficient (Wildman–Crippen LogP) is 1.97. The van der Waals surface area contributed by atoms with Crippen molar-refractivity contribution in [1.29, 1.82) is 0 Å². The fraction of sp³-hybridized carbons (Fsp3) is 0.533. The normalized spacial score (nSPS) is 18.0. The van der Waals surface area contributed by atoms with E-state index in [4.69, 9.17) is 0 Å². The van der Waals surface area contributed by atoms with Gasteiger partial charge >= 0.3 is 0 Å². The van der Waals surface area contributed by atoms with Crippen LogP contribution in [0.5, 0.6) is 0 Å². The molecule has 0 radical (unpaired) electrons. The van der Waals surface area contributed by atoms with Crippen LogP contribution in [0.1, 0.15) is 32.8 Å². The van der Waals surface area contributed by atoms with Gasteiger partial charge in [-0.3, -0.25) is 4.79 Å². The Bertz CT molecular complexity index is 678. The minimum Gasteiger partial charge on any atom is -0.312 e. The second-order valence-electron chi connectivity index (χ2n) is 6.17. The number of carbonyl (C=O) groups excluding carboxylic acids is 1. The Hall–Kier alpha value is -1.40. The molecule has 0 spiro atoms. The van der Waals surface area contributed by atoms with Crippen molar-refractivity contribution in [2.24, 2.45) is 0 Å². The maximum atomic E-state index is 12.3. The quantitative estimate of drug-likeness (QED) is 0.857. The van der Waals surface area contributed by atoms with E-state index in [0.29, 0.717) is 13.0 Å². The van der Waals surface area contributed by atoms with E-state index in [-0.39, 0.29) is 16.2 Å². The molecule has 0 atom stereocenters. The Balaban J connectivity index is 2.65. The summed E-state index contributed by atoms with van der Waals surface area (Å²) in [6.07, 6.45) is 0.388. The van der Waals surface area contributed by atoms with Crippen LogP contribution >= 0.6 is 0 Å². The van der Waals surface area contributed by atoms with Crippen molar-refractivity contribution in [2.75, 3.05) is 25.5 Å². The first-order valence-electron chi connectivity index (χ1n) is 6.98. The lowest BCUT2D eigenvalue weighted by Gasteiger charge is -2.38. The second kappa shape index (κ2) is 5.10. The average Bonchev–Trinajstić information content (AvgIpc) is 2.37. The number of sulfonamides is 1. The molecule has 0 saturated carbocycles. The molecule has 1 aromatic carbocycles. The van der Waals surface area contributed by atoms with Crippen LogP contribution < -0.4 is 4.90 Å².